The Hall–Kier alpha value is -3.04. The van der Waals surface area contributed by atoms with Crippen molar-refractivity contribution < 1.29 is 14.6 Å². The molecule has 2 aliphatic rings. The van der Waals surface area contributed by atoms with E-state index in [1.54, 1.807) is 38.3 Å². The monoisotopic (exact) mass is 536 g/mol. The van der Waals surface area contributed by atoms with Gasteiger partial charge in [-0.25, -0.2) is 14.8 Å². The number of ether oxygens (including phenoxy) is 1. The van der Waals surface area contributed by atoms with Crippen LogP contribution in [0.2, 0.25) is 0 Å². The molecule has 0 aromatic carbocycles. The molecule has 1 N–H and O–H groups in total. The summed E-state index contributed by atoms with van der Waals surface area (Å²) in [6, 6.07) is 3.90. The first-order valence-corrected chi connectivity index (χ1v) is 14.4. The Balaban J connectivity index is 1.43. The zero-order valence-corrected chi connectivity index (χ0v) is 23.2. The molecule has 1 aliphatic heterocycles. The molecule has 0 bridgehead atoms. The number of pyridine rings is 1. The van der Waals surface area contributed by atoms with Crippen LogP contribution in [0.4, 0.5) is 5.82 Å². The summed E-state index contributed by atoms with van der Waals surface area (Å²) in [4.78, 5) is 37.6. The molecule has 1 saturated heterocycles. The van der Waals surface area contributed by atoms with Gasteiger partial charge in [0.25, 0.3) is 5.56 Å². The minimum absolute atomic E-state index is 0.263. The molecule has 4 heterocycles. The molecule has 1 aliphatic carbocycles. The van der Waals surface area contributed by atoms with Gasteiger partial charge in [-0.05, 0) is 76.6 Å². The highest BCUT2D eigenvalue weighted by Gasteiger charge is 2.24. The molecule has 5 rings (SSSR count). The molecule has 3 aromatic rings. The number of rotatable bonds is 7. The largest absolute Gasteiger partial charge is 0.457 e. The van der Waals surface area contributed by atoms with E-state index < -0.39 is 17.7 Å². The lowest BCUT2D eigenvalue weighted by molar-refractivity contribution is -0.148. The third kappa shape index (κ3) is 6.15. The quantitative estimate of drug-likeness (QED) is 0.350. The van der Waals surface area contributed by atoms with E-state index in [-0.39, 0.29) is 5.56 Å². The lowest BCUT2D eigenvalue weighted by atomic mass is 9.83. The van der Waals surface area contributed by atoms with Crippen molar-refractivity contribution >= 4 is 34.8 Å². The van der Waals surface area contributed by atoms with Gasteiger partial charge in [-0.15, -0.1) is 11.3 Å². The van der Waals surface area contributed by atoms with Crippen LogP contribution in [0.1, 0.15) is 80.6 Å². The van der Waals surface area contributed by atoms with E-state index in [1.165, 1.54) is 41.5 Å². The Morgan fingerprint density at radius 3 is 2.74 bits per heavy atom. The maximum atomic E-state index is 13.6. The number of hydrogen-bond donors (Lipinski definition) is 1. The number of piperidine rings is 1. The van der Waals surface area contributed by atoms with Crippen molar-refractivity contribution in [3.05, 3.63) is 62.0 Å². The van der Waals surface area contributed by atoms with E-state index in [4.69, 9.17) is 14.7 Å². The number of aliphatic hydroxyl groups excluding tert-OH is 1. The van der Waals surface area contributed by atoms with Crippen molar-refractivity contribution in [3.8, 4) is 0 Å². The first-order chi connectivity index (χ1) is 18.2. The molecular formula is C29H36N4O4S. The molecule has 0 amide bonds. The summed E-state index contributed by atoms with van der Waals surface area (Å²) in [5.41, 5.74) is 2.28. The van der Waals surface area contributed by atoms with E-state index in [1.807, 2.05) is 17.0 Å². The molecular weight excluding hydrogens is 500 g/mol. The fraction of sp³-hybridized carbons (Fsp3) is 0.517. The molecule has 8 nitrogen and oxygen atoms in total. The van der Waals surface area contributed by atoms with Gasteiger partial charge in [0.15, 0.2) is 0 Å². The van der Waals surface area contributed by atoms with Gasteiger partial charge in [-0.3, -0.25) is 9.20 Å². The number of anilines is 1. The van der Waals surface area contributed by atoms with Gasteiger partial charge < -0.3 is 14.7 Å². The number of fused-ring (bicyclic) bond motifs is 1. The average Bonchev–Trinajstić information content (AvgIpc) is 3.28. The van der Waals surface area contributed by atoms with Crippen molar-refractivity contribution in [2.45, 2.75) is 83.3 Å². The molecule has 9 heteroatoms. The first kappa shape index (κ1) is 26.6. The number of esters is 1. The highest BCUT2D eigenvalue weighted by Crippen LogP contribution is 2.36. The highest BCUT2D eigenvalue weighted by atomic mass is 32.1. The van der Waals surface area contributed by atoms with Crippen molar-refractivity contribution in [3.63, 3.8) is 0 Å². The van der Waals surface area contributed by atoms with Crippen LogP contribution in [0.15, 0.2) is 34.6 Å². The molecule has 38 heavy (non-hydrogen) atoms. The topological polar surface area (TPSA) is 97.0 Å². The van der Waals surface area contributed by atoms with Gasteiger partial charge in [0, 0.05) is 43.1 Å². The Bertz CT molecular complexity index is 1400. The van der Waals surface area contributed by atoms with Crippen LogP contribution in [-0.4, -0.2) is 50.2 Å². The third-order valence-corrected chi connectivity index (χ3v) is 8.05. The van der Waals surface area contributed by atoms with Gasteiger partial charge >= 0.3 is 5.97 Å². The first-order valence-electron chi connectivity index (χ1n) is 13.5. The van der Waals surface area contributed by atoms with Crippen molar-refractivity contribution in [1.82, 2.24) is 14.4 Å². The van der Waals surface area contributed by atoms with Crippen LogP contribution in [0, 0.1) is 0 Å². The van der Waals surface area contributed by atoms with Gasteiger partial charge in [0.2, 0.25) is 0 Å². The smallest absolute Gasteiger partial charge is 0.331 e. The number of aryl methyl sites for hydroxylation is 2. The number of carbonyl (C=O) groups excluding carboxylic acids is 1. The number of aliphatic hydroxyl groups is 1. The number of carbonyl (C=O) groups is 1. The summed E-state index contributed by atoms with van der Waals surface area (Å²) in [5, 5.41) is 13.6. The summed E-state index contributed by atoms with van der Waals surface area (Å²) in [6.07, 6.45) is 11.0. The summed E-state index contributed by atoms with van der Waals surface area (Å²) >= 11 is 1.73. The number of aromatic nitrogens is 3. The third-order valence-electron chi connectivity index (χ3n) is 7.12. The van der Waals surface area contributed by atoms with E-state index in [9.17, 15) is 14.7 Å². The van der Waals surface area contributed by atoms with Crippen molar-refractivity contribution in [2.24, 2.45) is 0 Å². The summed E-state index contributed by atoms with van der Waals surface area (Å²) in [6.45, 7) is 6.46. The summed E-state index contributed by atoms with van der Waals surface area (Å²) in [7, 11) is 0. The molecule has 202 valence electrons. The molecule has 2 fully saturated rings. The lowest BCUT2D eigenvalue weighted by Crippen LogP contribution is -2.40. The van der Waals surface area contributed by atoms with E-state index in [2.05, 4.69) is 5.38 Å². The summed E-state index contributed by atoms with van der Waals surface area (Å²) < 4.78 is 6.89. The van der Waals surface area contributed by atoms with Crippen molar-refractivity contribution in [1.29, 1.82) is 0 Å². The van der Waals surface area contributed by atoms with Crippen LogP contribution in [0.25, 0.3) is 11.7 Å². The summed E-state index contributed by atoms with van der Waals surface area (Å²) in [5.74, 6) is 0.599. The van der Waals surface area contributed by atoms with E-state index in [0.717, 1.165) is 36.3 Å². The molecule has 0 spiro atoms. The maximum Gasteiger partial charge on any atom is 0.331 e. The van der Waals surface area contributed by atoms with E-state index in [0.29, 0.717) is 36.0 Å². The Morgan fingerprint density at radius 1 is 1.21 bits per heavy atom. The molecule has 1 atom stereocenters. The molecule has 1 saturated carbocycles. The molecule has 1 unspecified atom stereocenters. The predicted octanol–water partition coefficient (Wildman–Crippen LogP) is 4.52. The number of nitrogens with zero attached hydrogens (tertiary/aromatic N) is 4. The Labute approximate surface area is 227 Å². The standard InChI is InChI=1S/C29H36N4O4S/c1-29(2,3)37-26(35)12-10-22-27(32-14-5-8-21(34)17-32)31-24-16-19(13-15-33(24)28(22)36)9-11-25-30-23(18-38-25)20-6-4-7-20/h10,12-13,15-16,18,20-21,34H,4-9,11,14,17H2,1-3H3/b12-10+. The van der Waals surface area contributed by atoms with Gasteiger partial charge in [-0.2, -0.15) is 0 Å². The number of thiazole rings is 1. The maximum absolute atomic E-state index is 13.6. The zero-order valence-electron chi connectivity index (χ0n) is 22.4. The minimum atomic E-state index is -0.633. The van der Waals surface area contributed by atoms with Crippen LogP contribution in [0.3, 0.4) is 0 Å². The molecule has 3 aromatic heterocycles. The Kier molecular flexibility index (Phi) is 7.68. The van der Waals surface area contributed by atoms with Crippen LogP contribution >= 0.6 is 11.3 Å². The van der Waals surface area contributed by atoms with Crippen LogP contribution in [-0.2, 0) is 22.4 Å². The normalized spacial score (nSPS) is 18.7. The fourth-order valence-corrected chi connectivity index (χ4v) is 5.82. The Morgan fingerprint density at radius 2 is 2.03 bits per heavy atom. The predicted molar refractivity (Wildman–Crippen MR) is 150 cm³/mol. The van der Waals surface area contributed by atoms with Crippen LogP contribution in [0.5, 0.6) is 0 Å². The van der Waals surface area contributed by atoms with Gasteiger partial charge in [-0.1, -0.05) is 6.42 Å². The van der Waals surface area contributed by atoms with Gasteiger partial charge in [0.1, 0.15) is 17.1 Å². The minimum Gasteiger partial charge on any atom is -0.457 e. The highest BCUT2D eigenvalue weighted by molar-refractivity contribution is 7.09. The van der Waals surface area contributed by atoms with Crippen molar-refractivity contribution in [2.75, 3.05) is 18.0 Å². The SMILES string of the molecule is CC(C)(C)OC(=O)/C=C/c1c(N2CCCC(O)C2)nc2cc(CCc3nc(C4CCC4)cs3)ccn2c1=O. The van der Waals surface area contributed by atoms with Crippen LogP contribution < -0.4 is 10.5 Å². The average molecular weight is 537 g/mol. The van der Waals surface area contributed by atoms with Gasteiger partial charge in [0.05, 0.1) is 22.4 Å². The van der Waals surface area contributed by atoms with E-state index >= 15 is 0 Å². The number of β-amino-alcohol motifs (C(OH)–C–C–N with tert-alkyl or cyclic N) is 1. The second kappa shape index (κ2) is 11.0. The lowest BCUT2D eigenvalue weighted by Gasteiger charge is -2.32. The number of hydrogen-bond acceptors (Lipinski definition) is 8. The second-order valence-corrected chi connectivity index (χ2v) is 12.3. The second-order valence-electron chi connectivity index (χ2n) is 11.3. The fourth-order valence-electron chi connectivity index (χ4n) is 4.94. The molecule has 0 radical (unpaired) electrons. The zero-order chi connectivity index (χ0) is 26.9.